The minimum Gasteiger partial charge on any atom is -0.507 e. The Morgan fingerprint density at radius 3 is 1.19 bits per heavy atom. The number of hydrogen-bond donors (Lipinski definition) is 2. The summed E-state index contributed by atoms with van der Waals surface area (Å²) in [6, 6.07) is 19.4. The zero-order valence-corrected chi connectivity index (χ0v) is 35.4. The van der Waals surface area contributed by atoms with E-state index in [-0.39, 0.29) is 24.3 Å². The first-order chi connectivity index (χ1) is 28.3. The van der Waals surface area contributed by atoms with Crippen LogP contribution in [0.3, 0.4) is 0 Å². The quantitative estimate of drug-likeness (QED) is 0.0523. The fourth-order valence-electron chi connectivity index (χ4n) is 8.94. The van der Waals surface area contributed by atoms with Crippen LogP contribution in [0.1, 0.15) is 186 Å². The zero-order chi connectivity index (χ0) is 41.0. The lowest BCUT2D eigenvalue weighted by atomic mass is 9.77. The molecule has 0 aliphatic heterocycles. The molecule has 2 aliphatic carbocycles. The Balaban J connectivity index is 0.875. The Kier molecular flexibility index (Phi) is 19.1. The second-order valence-corrected chi connectivity index (χ2v) is 16.8. The van der Waals surface area contributed by atoms with Gasteiger partial charge in [0.2, 0.25) is 0 Å². The van der Waals surface area contributed by atoms with Gasteiger partial charge in [-0.25, -0.2) is 9.59 Å². The number of rotatable bonds is 24. The second kappa shape index (κ2) is 24.7. The molecule has 8 nitrogen and oxygen atoms in total. The van der Waals surface area contributed by atoms with Crippen molar-refractivity contribution in [2.24, 2.45) is 11.8 Å². The summed E-state index contributed by atoms with van der Waals surface area (Å²) in [6.07, 6.45) is 22.6. The molecule has 0 aromatic heterocycles. The number of hydrogen-bond acceptors (Lipinski definition) is 8. The molecule has 58 heavy (non-hydrogen) atoms. The van der Waals surface area contributed by atoms with Crippen molar-refractivity contribution in [3.05, 3.63) is 82.9 Å². The van der Waals surface area contributed by atoms with Gasteiger partial charge in [0.1, 0.15) is 34.1 Å². The summed E-state index contributed by atoms with van der Waals surface area (Å²) >= 11 is 0. The molecule has 0 spiro atoms. The minimum atomic E-state index is -0.755. The predicted octanol–water partition coefficient (Wildman–Crippen LogP) is 12.8. The van der Waals surface area contributed by atoms with E-state index in [1.807, 2.05) is 0 Å². The highest BCUT2D eigenvalue weighted by Crippen LogP contribution is 2.39. The van der Waals surface area contributed by atoms with Crippen molar-refractivity contribution in [1.29, 1.82) is 0 Å². The summed E-state index contributed by atoms with van der Waals surface area (Å²) in [5, 5.41) is 20.9. The van der Waals surface area contributed by atoms with Gasteiger partial charge in [-0.3, -0.25) is 0 Å². The number of benzene rings is 3. The number of esters is 2. The highest BCUT2D eigenvalue weighted by Gasteiger charge is 2.24. The maximum Gasteiger partial charge on any atom is 0.342 e. The highest BCUT2D eigenvalue weighted by atomic mass is 16.5. The van der Waals surface area contributed by atoms with Gasteiger partial charge in [0, 0.05) is 0 Å². The van der Waals surface area contributed by atoms with Crippen molar-refractivity contribution >= 4 is 11.9 Å². The van der Waals surface area contributed by atoms with E-state index in [0.29, 0.717) is 37.9 Å². The van der Waals surface area contributed by atoms with E-state index in [9.17, 15) is 19.8 Å². The molecule has 0 saturated heterocycles. The van der Waals surface area contributed by atoms with E-state index in [1.165, 1.54) is 88.2 Å². The van der Waals surface area contributed by atoms with Crippen LogP contribution >= 0.6 is 0 Å². The van der Waals surface area contributed by atoms with Crippen LogP contribution in [0.4, 0.5) is 0 Å². The molecule has 0 heterocycles. The number of unbranched alkanes of at least 4 members (excludes halogenated alkanes) is 6. The topological polar surface area (TPSA) is 112 Å². The van der Waals surface area contributed by atoms with Gasteiger partial charge in [-0.1, -0.05) is 63.8 Å². The monoisotopic (exact) mass is 799 g/mol. The Labute approximate surface area is 348 Å². The van der Waals surface area contributed by atoms with Gasteiger partial charge in [0.15, 0.2) is 0 Å². The van der Waals surface area contributed by atoms with E-state index >= 15 is 0 Å². The van der Waals surface area contributed by atoms with E-state index in [0.717, 1.165) is 74.0 Å². The van der Waals surface area contributed by atoms with Gasteiger partial charge < -0.3 is 29.2 Å². The van der Waals surface area contributed by atoms with Crippen LogP contribution in [0, 0.1) is 11.8 Å². The lowest BCUT2D eigenvalue weighted by molar-refractivity contribution is 0.0476. The number of carbonyl (C=O) groups is 2. The maximum atomic E-state index is 12.6. The average molecular weight is 799 g/mol. The highest BCUT2D eigenvalue weighted by molar-refractivity contribution is 5.98. The van der Waals surface area contributed by atoms with Gasteiger partial charge in [-0.05, 0) is 174 Å². The standard InChI is InChI=1S/C50H70O8/c1-3-13-37-15-19-39(20-16-37)41-23-27-43(28-24-41)55-31-9-5-7-11-33-57-49(53)45-35-48(52)46(36-47(45)51)50(54)58-34-12-8-6-10-32-56-44-29-25-42(26-30-44)40-21-17-38(14-4-2)18-22-40/h23-30,35-40,51-52H,3-22,31-34H2,1-2H3. The van der Waals surface area contributed by atoms with E-state index in [1.54, 1.807) is 0 Å². The van der Waals surface area contributed by atoms with Crippen LogP contribution in [-0.4, -0.2) is 48.6 Å². The second-order valence-electron chi connectivity index (χ2n) is 16.8. The van der Waals surface area contributed by atoms with Crippen LogP contribution in [0.15, 0.2) is 60.7 Å². The van der Waals surface area contributed by atoms with Crippen LogP contribution in [-0.2, 0) is 9.47 Å². The number of carbonyl (C=O) groups excluding carboxylic acids is 2. The zero-order valence-electron chi connectivity index (χ0n) is 35.4. The van der Waals surface area contributed by atoms with Gasteiger partial charge in [0.05, 0.1) is 26.4 Å². The summed E-state index contributed by atoms with van der Waals surface area (Å²) in [6.45, 7) is 6.20. The van der Waals surface area contributed by atoms with Crippen molar-refractivity contribution in [3.8, 4) is 23.0 Å². The number of phenols is 2. The van der Waals surface area contributed by atoms with E-state index in [2.05, 4.69) is 62.4 Å². The van der Waals surface area contributed by atoms with E-state index in [4.69, 9.17) is 18.9 Å². The van der Waals surface area contributed by atoms with Crippen LogP contribution in [0.2, 0.25) is 0 Å². The molecular weight excluding hydrogens is 729 g/mol. The smallest absolute Gasteiger partial charge is 0.342 e. The maximum absolute atomic E-state index is 12.6. The summed E-state index contributed by atoms with van der Waals surface area (Å²) < 4.78 is 22.6. The summed E-state index contributed by atoms with van der Waals surface area (Å²) in [4.78, 5) is 25.2. The normalized spacial score (nSPS) is 19.3. The largest absolute Gasteiger partial charge is 0.507 e. The Hall–Kier alpha value is -4.20. The molecule has 2 saturated carbocycles. The minimum absolute atomic E-state index is 0.185. The Morgan fingerprint density at radius 2 is 0.845 bits per heavy atom. The van der Waals surface area contributed by atoms with Gasteiger partial charge in [-0.15, -0.1) is 0 Å². The molecule has 8 heteroatoms. The third kappa shape index (κ3) is 14.6. The van der Waals surface area contributed by atoms with Crippen LogP contribution in [0.25, 0.3) is 0 Å². The molecule has 0 atom stereocenters. The summed E-state index contributed by atoms with van der Waals surface area (Å²) in [7, 11) is 0. The fraction of sp³-hybridized carbons (Fsp3) is 0.600. The molecule has 0 unspecified atom stereocenters. The summed E-state index contributed by atoms with van der Waals surface area (Å²) in [5.41, 5.74) is 2.47. The van der Waals surface area contributed by atoms with Gasteiger partial charge in [-0.2, -0.15) is 0 Å². The summed E-state index contributed by atoms with van der Waals surface area (Å²) in [5.74, 6) is 2.59. The lowest BCUT2D eigenvalue weighted by Gasteiger charge is -2.28. The first kappa shape index (κ1) is 44.9. The molecule has 3 aromatic rings. The third-order valence-corrected chi connectivity index (χ3v) is 12.4. The molecule has 2 N–H and O–H groups in total. The third-order valence-electron chi connectivity index (χ3n) is 12.4. The molecule has 318 valence electrons. The molecule has 0 amide bonds. The fourth-order valence-corrected chi connectivity index (χ4v) is 8.94. The number of ether oxygens (including phenoxy) is 4. The molecular formula is C50H70O8. The van der Waals surface area contributed by atoms with Crippen molar-refractivity contribution in [2.45, 2.75) is 154 Å². The predicted molar refractivity (Wildman–Crippen MR) is 230 cm³/mol. The van der Waals surface area contributed by atoms with Gasteiger partial charge >= 0.3 is 11.9 Å². The molecule has 5 rings (SSSR count). The number of aromatic hydroxyl groups is 2. The average Bonchev–Trinajstić information content (AvgIpc) is 3.24. The Bertz CT molecular complexity index is 1510. The van der Waals surface area contributed by atoms with Crippen molar-refractivity contribution in [3.63, 3.8) is 0 Å². The van der Waals surface area contributed by atoms with Gasteiger partial charge in [0.25, 0.3) is 0 Å². The first-order valence-corrected chi connectivity index (χ1v) is 22.7. The van der Waals surface area contributed by atoms with Crippen LogP contribution in [0.5, 0.6) is 23.0 Å². The molecule has 2 aliphatic rings. The van der Waals surface area contributed by atoms with Crippen molar-refractivity contribution < 1.29 is 38.7 Å². The van der Waals surface area contributed by atoms with Crippen LogP contribution < -0.4 is 9.47 Å². The lowest BCUT2D eigenvalue weighted by Crippen LogP contribution is -2.13. The number of phenolic OH excluding ortho intramolecular Hbond substituents is 2. The SMILES string of the molecule is CCCC1CCC(c2ccc(OCCCCCCOC(=O)c3cc(O)c(C(=O)OCCCCCCOc4ccc(C5CCC(CCC)CC5)cc4)cc3O)cc2)CC1. The first-order valence-electron chi connectivity index (χ1n) is 22.7. The molecule has 2 fully saturated rings. The Morgan fingerprint density at radius 1 is 0.500 bits per heavy atom. The van der Waals surface area contributed by atoms with E-state index < -0.39 is 23.4 Å². The molecule has 0 radical (unpaired) electrons. The van der Waals surface area contributed by atoms with Crippen molar-refractivity contribution in [2.75, 3.05) is 26.4 Å². The van der Waals surface area contributed by atoms with Crippen molar-refractivity contribution in [1.82, 2.24) is 0 Å². The molecule has 0 bridgehead atoms. The molecule has 3 aromatic carbocycles.